The summed E-state index contributed by atoms with van der Waals surface area (Å²) < 4.78 is 1.62. The van der Waals surface area contributed by atoms with Crippen molar-refractivity contribution in [3.63, 3.8) is 0 Å². The standard InChI is InChI=1S/C20H22N6O3/c27-19(22-16(20(28)29)12-14-4-2-1-3-5-14)15-8-10-25(11-9-15)18-7-6-17-23-21-13-26(17)24-18/h1-7,13,15-16H,8-12H2,(H,22,27)(H,28,29)/t16-/m1/s1. The molecule has 1 fully saturated rings. The smallest absolute Gasteiger partial charge is 0.326 e. The third-order valence-corrected chi connectivity index (χ3v) is 5.23. The van der Waals surface area contributed by atoms with Crippen LogP contribution in [-0.2, 0) is 16.0 Å². The molecule has 3 aromatic rings. The van der Waals surface area contributed by atoms with Gasteiger partial charge < -0.3 is 15.3 Å². The lowest BCUT2D eigenvalue weighted by Gasteiger charge is -2.32. The van der Waals surface area contributed by atoms with E-state index in [1.807, 2.05) is 42.5 Å². The number of carboxylic acids is 1. The van der Waals surface area contributed by atoms with Crippen LogP contribution in [0.3, 0.4) is 0 Å². The molecule has 0 saturated carbocycles. The molecule has 150 valence electrons. The number of rotatable bonds is 6. The molecule has 9 heteroatoms. The number of carboxylic acid groups (broad SMARTS) is 1. The molecule has 0 spiro atoms. The number of fused-ring (bicyclic) bond motifs is 1. The van der Waals surface area contributed by atoms with Crippen molar-refractivity contribution < 1.29 is 14.7 Å². The van der Waals surface area contributed by atoms with Gasteiger partial charge in [0.25, 0.3) is 0 Å². The van der Waals surface area contributed by atoms with Gasteiger partial charge in [-0.3, -0.25) is 4.79 Å². The van der Waals surface area contributed by atoms with Gasteiger partial charge in [-0.2, -0.15) is 4.52 Å². The maximum absolute atomic E-state index is 12.7. The Balaban J connectivity index is 1.34. The van der Waals surface area contributed by atoms with E-state index in [9.17, 15) is 14.7 Å². The average Bonchev–Trinajstić information content (AvgIpc) is 3.22. The average molecular weight is 394 g/mol. The van der Waals surface area contributed by atoms with Crippen LogP contribution in [-0.4, -0.2) is 55.9 Å². The molecular weight excluding hydrogens is 372 g/mol. The van der Waals surface area contributed by atoms with Crippen LogP contribution in [0.15, 0.2) is 48.8 Å². The number of amides is 1. The molecule has 1 aliphatic rings. The zero-order valence-electron chi connectivity index (χ0n) is 15.8. The summed E-state index contributed by atoms with van der Waals surface area (Å²) in [6.45, 7) is 1.35. The third kappa shape index (κ3) is 4.34. The molecule has 2 N–H and O–H groups in total. The number of hydrogen-bond acceptors (Lipinski definition) is 6. The highest BCUT2D eigenvalue weighted by Gasteiger charge is 2.29. The zero-order chi connectivity index (χ0) is 20.2. The SMILES string of the molecule is O=C(N[C@H](Cc1ccccc1)C(=O)O)C1CCN(c2ccc3nncn3n2)CC1. The second kappa shape index (κ2) is 8.26. The van der Waals surface area contributed by atoms with Crippen LogP contribution in [0.25, 0.3) is 5.65 Å². The quantitative estimate of drug-likeness (QED) is 0.645. The Bertz CT molecular complexity index is 998. The number of benzene rings is 1. The first-order valence-corrected chi connectivity index (χ1v) is 9.59. The second-order valence-electron chi connectivity index (χ2n) is 7.18. The summed E-state index contributed by atoms with van der Waals surface area (Å²) in [5, 5.41) is 24.5. The molecule has 0 radical (unpaired) electrons. The number of aromatic nitrogens is 4. The van der Waals surface area contributed by atoms with E-state index in [0.717, 1.165) is 11.4 Å². The predicted octanol–water partition coefficient (Wildman–Crippen LogP) is 1.15. The molecule has 1 saturated heterocycles. The lowest BCUT2D eigenvalue weighted by atomic mass is 9.95. The normalized spacial score (nSPS) is 15.9. The molecule has 0 bridgehead atoms. The van der Waals surface area contributed by atoms with E-state index in [1.165, 1.54) is 0 Å². The van der Waals surface area contributed by atoms with E-state index in [2.05, 4.69) is 25.5 Å². The Hall–Kier alpha value is -3.49. The highest BCUT2D eigenvalue weighted by Crippen LogP contribution is 2.22. The van der Waals surface area contributed by atoms with Gasteiger partial charge in [0.15, 0.2) is 5.65 Å². The number of aliphatic carboxylic acids is 1. The molecule has 29 heavy (non-hydrogen) atoms. The summed E-state index contributed by atoms with van der Waals surface area (Å²) >= 11 is 0. The molecule has 4 rings (SSSR count). The summed E-state index contributed by atoms with van der Waals surface area (Å²) in [6, 6.07) is 12.1. The van der Waals surface area contributed by atoms with Gasteiger partial charge in [0, 0.05) is 25.4 Å². The van der Waals surface area contributed by atoms with Crippen molar-refractivity contribution in [2.24, 2.45) is 5.92 Å². The molecule has 3 heterocycles. The zero-order valence-corrected chi connectivity index (χ0v) is 15.8. The van der Waals surface area contributed by atoms with E-state index in [-0.39, 0.29) is 18.2 Å². The van der Waals surface area contributed by atoms with Crippen LogP contribution in [0.4, 0.5) is 5.82 Å². The van der Waals surface area contributed by atoms with Gasteiger partial charge in [0.2, 0.25) is 5.91 Å². The Morgan fingerprint density at radius 1 is 1.14 bits per heavy atom. The molecule has 0 aliphatic carbocycles. The van der Waals surface area contributed by atoms with Crippen molar-refractivity contribution >= 4 is 23.3 Å². The molecule has 1 aliphatic heterocycles. The van der Waals surface area contributed by atoms with Gasteiger partial charge in [-0.25, -0.2) is 4.79 Å². The number of anilines is 1. The van der Waals surface area contributed by atoms with Crippen LogP contribution >= 0.6 is 0 Å². The Morgan fingerprint density at radius 3 is 2.62 bits per heavy atom. The second-order valence-corrected chi connectivity index (χ2v) is 7.18. The highest BCUT2D eigenvalue weighted by atomic mass is 16.4. The highest BCUT2D eigenvalue weighted by molar-refractivity contribution is 5.85. The largest absolute Gasteiger partial charge is 0.480 e. The number of carbonyl (C=O) groups is 2. The van der Waals surface area contributed by atoms with E-state index in [1.54, 1.807) is 10.8 Å². The molecule has 1 atom stereocenters. The first-order valence-electron chi connectivity index (χ1n) is 9.59. The van der Waals surface area contributed by atoms with Gasteiger partial charge >= 0.3 is 5.97 Å². The van der Waals surface area contributed by atoms with E-state index < -0.39 is 12.0 Å². The van der Waals surface area contributed by atoms with Crippen molar-refractivity contribution in [1.82, 2.24) is 25.1 Å². The van der Waals surface area contributed by atoms with Crippen molar-refractivity contribution in [3.8, 4) is 0 Å². The molecule has 1 amide bonds. The van der Waals surface area contributed by atoms with Crippen molar-refractivity contribution in [2.45, 2.75) is 25.3 Å². The first kappa shape index (κ1) is 18.9. The monoisotopic (exact) mass is 394 g/mol. The van der Waals surface area contributed by atoms with E-state index >= 15 is 0 Å². The maximum Gasteiger partial charge on any atom is 0.326 e. The fraction of sp³-hybridized carbons (Fsp3) is 0.350. The topological polar surface area (TPSA) is 113 Å². The van der Waals surface area contributed by atoms with Crippen LogP contribution in [0.5, 0.6) is 0 Å². The van der Waals surface area contributed by atoms with Crippen LogP contribution in [0.2, 0.25) is 0 Å². The van der Waals surface area contributed by atoms with E-state index in [4.69, 9.17) is 0 Å². The minimum atomic E-state index is -1.02. The summed E-state index contributed by atoms with van der Waals surface area (Å²) in [7, 11) is 0. The van der Waals surface area contributed by atoms with Crippen LogP contribution in [0.1, 0.15) is 18.4 Å². The van der Waals surface area contributed by atoms with Crippen molar-refractivity contribution in [1.29, 1.82) is 0 Å². The Labute approximate surface area is 167 Å². The lowest BCUT2D eigenvalue weighted by molar-refractivity contribution is -0.142. The Morgan fingerprint density at radius 2 is 1.90 bits per heavy atom. The molecule has 0 unspecified atom stereocenters. The van der Waals surface area contributed by atoms with Crippen LogP contribution in [0, 0.1) is 5.92 Å². The molecule has 1 aromatic carbocycles. The molecule has 9 nitrogen and oxygen atoms in total. The van der Waals surface area contributed by atoms with Gasteiger partial charge in [-0.1, -0.05) is 30.3 Å². The van der Waals surface area contributed by atoms with Gasteiger partial charge in [-0.05, 0) is 30.5 Å². The lowest BCUT2D eigenvalue weighted by Crippen LogP contribution is -2.47. The fourth-order valence-electron chi connectivity index (χ4n) is 3.60. The summed E-state index contributed by atoms with van der Waals surface area (Å²) in [6.07, 6.45) is 3.11. The number of nitrogens with zero attached hydrogens (tertiary/aromatic N) is 5. The van der Waals surface area contributed by atoms with Crippen LogP contribution < -0.4 is 10.2 Å². The number of carbonyl (C=O) groups excluding carboxylic acids is 1. The summed E-state index contributed by atoms with van der Waals surface area (Å²) in [5.41, 5.74) is 1.56. The Kier molecular flexibility index (Phi) is 5.37. The number of hydrogen-bond donors (Lipinski definition) is 2. The van der Waals surface area contributed by atoms with Crippen molar-refractivity contribution in [2.75, 3.05) is 18.0 Å². The third-order valence-electron chi connectivity index (χ3n) is 5.23. The number of piperidine rings is 1. The van der Waals surface area contributed by atoms with Gasteiger partial charge in [0.05, 0.1) is 0 Å². The van der Waals surface area contributed by atoms with E-state index in [0.29, 0.717) is 31.6 Å². The first-order chi connectivity index (χ1) is 14.1. The summed E-state index contributed by atoms with van der Waals surface area (Å²) in [5.74, 6) is -0.618. The predicted molar refractivity (Wildman–Crippen MR) is 105 cm³/mol. The van der Waals surface area contributed by atoms with Gasteiger partial charge in [-0.15, -0.1) is 15.3 Å². The maximum atomic E-state index is 12.7. The fourth-order valence-corrected chi connectivity index (χ4v) is 3.60. The minimum Gasteiger partial charge on any atom is -0.480 e. The minimum absolute atomic E-state index is 0.199. The van der Waals surface area contributed by atoms with Gasteiger partial charge in [0.1, 0.15) is 18.2 Å². The molecule has 2 aromatic heterocycles. The summed E-state index contributed by atoms with van der Waals surface area (Å²) in [4.78, 5) is 26.4. The molecular formula is C20H22N6O3. The number of nitrogens with one attached hydrogen (secondary N) is 1. The van der Waals surface area contributed by atoms with Crippen molar-refractivity contribution in [3.05, 3.63) is 54.4 Å².